The number of carboxylic acids is 1. The van der Waals surface area contributed by atoms with Gasteiger partial charge in [0.25, 0.3) is 0 Å². The minimum Gasteiger partial charge on any atom is -0.478 e. The number of pyridine rings is 1. The van der Waals surface area contributed by atoms with E-state index in [1.807, 2.05) is 23.9 Å². The number of aliphatic carboxylic acids is 1. The first kappa shape index (κ1) is 13.9. The van der Waals surface area contributed by atoms with Crippen molar-refractivity contribution < 1.29 is 9.90 Å². The van der Waals surface area contributed by atoms with Crippen molar-refractivity contribution in [3.05, 3.63) is 30.0 Å². The van der Waals surface area contributed by atoms with Gasteiger partial charge in [-0.1, -0.05) is 6.92 Å². The Morgan fingerprint density at radius 1 is 1.53 bits per heavy atom. The van der Waals surface area contributed by atoms with Crippen LogP contribution in [-0.2, 0) is 4.79 Å². The predicted molar refractivity (Wildman–Crippen MR) is 79.6 cm³/mol. The maximum Gasteiger partial charge on any atom is 0.328 e. The molecule has 0 aromatic carbocycles. The third-order valence-electron chi connectivity index (χ3n) is 3.37. The van der Waals surface area contributed by atoms with E-state index in [4.69, 9.17) is 5.11 Å². The summed E-state index contributed by atoms with van der Waals surface area (Å²) in [6.07, 6.45) is 4.39. The fourth-order valence-corrected chi connectivity index (χ4v) is 3.19. The Morgan fingerprint density at radius 3 is 2.95 bits per heavy atom. The fraction of sp³-hybridized carbons (Fsp3) is 0.429. The molecule has 2 heterocycles. The largest absolute Gasteiger partial charge is 0.478 e. The summed E-state index contributed by atoms with van der Waals surface area (Å²) in [6, 6.07) is 4.33. The van der Waals surface area contributed by atoms with Crippen molar-refractivity contribution in [1.82, 2.24) is 4.98 Å². The van der Waals surface area contributed by atoms with Crippen molar-refractivity contribution in [2.24, 2.45) is 0 Å². The zero-order valence-corrected chi connectivity index (χ0v) is 11.9. The van der Waals surface area contributed by atoms with Crippen LogP contribution in [0, 0.1) is 0 Å². The number of thioether (sulfide) groups is 1. The Kier molecular flexibility index (Phi) is 4.47. The number of hydrogen-bond acceptors (Lipinski definition) is 4. The average molecular weight is 278 g/mol. The molecule has 2 atom stereocenters. The lowest BCUT2D eigenvalue weighted by Crippen LogP contribution is -2.45. The predicted octanol–water partition coefficient (Wildman–Crippen LogP) is 2.51. The molecule has 2 rings (SSSR count). The van der Waals surface area contributed by atoms with Crippen LogP contribution in [0.4, 0.5) is 5.82 Å². The Labute approximate surface area is 117 Å². The Morgan fingerprint density at radius 2 is 2.32 bits per heavy atom. The number of carboxylic acid groups (broad SMARTS) is 1. The van der Waals surface area contributed by atoms with Crippen LogP contribution < -0.4 is 4.90 Å². The van der Waals surface area contributed by atoms with Crippen LogP contribution in [0.2, 0.25) is 0 Å². The molecule has 1 N–H and O–H groups in total. The second-order valence-electron chi connectivity index (χ2n) is 4.63. The molecule has 0 aliphatic carbocycles. The molecular formula is C14H18N2O2S. The number of aromatic nitrogens is 1. The molecule has 1 saturated heterocycles. The van der Waals surface area contributed by atoms with Crippen LogP contribution in [0.3, 0.4) is 0 Å². The molecule has 1 fully saturated rings. The molecule has 4 nitrogen and oxygen atoms in total. The minimum atomic E-state index is -0.945. The van der Waals surface area contributed by atoms with Gasteiger partial charge < -0.3 is 10.0 Å². The average Bonchev–Trinajstić information content (AvgIpc) is 2.40. The molecule has 1 aromatic heterocycles. The Hall–Kier alpha value is -1.49. The third kappa shape index (κ3) is 3.50. The molecule has 0 saturated carbocycles. The lowest BCUT2D eigenvalue weighted by Gasteiger charge is -2.38. The summed E-state index contributed by atoms with van der Waals surface area (Å²) in [7, 11) is 0. The van der Waals surface area contributed by atoms with Crippen molar-refractivity contribution >= 4 is 29.6 Å². The molecule has 1 aliphatic heterocycles. The molecule has 1 aliphatic rings. The lowest BCUT2D eigenvalue weighted by atomic mass is 10.2. The zero-order chi connectivity index (χ0) is 13.8. The van der Waals surface area contributed by atoms with Gasteiger partial charge in [-0.25, -0.2) is 9.78 Å². The van der Waals surface area contributed by atoms with E-state index in [1.54, 1.807) is 12.3 Å². The summed E-state index contributed by atoms with van der Waals surface area (Å²) in [5.74, 6) is 1.14. The fourth-order valence-electron chi connectivity index (χ4n) is 2.09. The molecule has 5 heteroatoms. The van der Waals surface area contributed by atoms with Crippen LogP contribution in [0.5, 0.6) is 0 Å². The van der Waals surface area contributed by atoms with Crippen molar-refractivity contribution in [3.8, 4) is 0 Å². The summed E-state index contributed by atoms with van der Waals surface area (Å²) < 4.78 is 0. The van der Waals surface area contributed by atoms with E-state index in [2.05, 4.69) is 23.7 Å². The van der Waals surface area contributed by atoms with Gasteiger partial charge in [-0.15, -0.1) is 0 Å². The number of carbonyl (C=O) groups is 1. The maximum absolute atomic E-state index is 10.4. The van der Waals surface area contributed by atoms with Gasteiger partial charge in [0.2, 0.25) is 0 Å². The van der Waals surface area contributed by atoms with Crippen LogP contribution in [-0.4, -0.2) is 39.6 Å². The maximum atomic E-state index is 10.4. The number of rotatable bonds is 3. The molecule has 2 unspecified atom stereocenters. The summed E-state index contributed by atoms with van der Waals surface area (Å²) in [6.45, 7) is 5.47. The number of anilines is 1. The Balaban J connectivity index is 2.11. The lowest BCUT2D eigenvalue weighted by molar-refractivity contribution is -0.131. The molecule has 0 amide bonds. The second kappa shape index (κ2) is 6.10. The Bertz CT molecular complexity index is 473. The molecule has 19 heavy (non-hydrogen) atoms. The summed E-state index contributed by atoms with van der Waals surface area (Å²) >= 11 is 1.99. The molecule has 1 aromatic rings. The van der Waals surface area contributed by atoms with Gasteiger partial charge in [-0.05, 0) is 30.7 Å². The monoisotopic (exact) mass is 278 g/mol. The highest BCUT2D eigenvalue weighted by molar-refractivity contribution is 8.00. The standard InChI is InChI=1S/C14H18N2O2S/c1-10-11(2)19-8-7-16(10)13-5-3-12(9-15-13)4-6-14(17)18/h3-6,9-11H,7-8H2,1-2H3,(H,17,18)/b6-4+. The topological polar surface area (TPSA) is 53.4 Å². The van der Waals surface area contributed by atoms with Crippen molar-refractivity contribution in [2.75, 3.05) is 17.2 Å². The highest BCUT2D eigenvalue weighted by atomic mass is 32.2. The van der Waals surface area contributed by atoms with E-state index in [-0.39, 0.29) is 0 Å². The highest BCUT2D eigenvalue weighted by Gasteiger charge is 2.25. The van der Waals surface area contributed by atoms with Gasteiger partial charge in [0.05, 0.1) is 0 Å². The molecular weight excluding hydrogens is 260 g/mol. The van der Waals surface area contributed by atoms with Gasteiger partial charge >= 0.3 is 5.97 Å². The first-order valence-electron chi connectivity index (χ1n) is 6.33. The third-order valence-corrected chi connectivity index (χ3v) is 4.71. The molecule has 102 valence electrons. The number of nitrogens with zero attached hydrogens (tertiary/aromatic N) is 2. The quantitative estimate of drug-likeness (QED) is 0.861. The normalized spacial score (nSPS) is 23.8. The van der Waals surface area contributed by atoms with E-state index < -0.39 is 5.97 Å². The summed E-state index contributed by atoms with van der Waals surface area (Å²) in [4.78, 5) is 17.2. The van der Waals surface area contributed by atoms with E-state index in [0.29, 0.717) is 11.3 Å². The van der Waals surface area contributed by atoms with E-state index in [9.17, 15) is 4.79 Å². The van der Waals surface area contributed by atoms with Crippen LogP contribution in [0.25, 0.3) is 6.08 Å². The van der Waals surface area contributed by atoms with Gasteiger partial charge in [-0.2, -0.15) is 11.8 Å². The van der Waals surface area contributed by atoms with E-state index in [1.165, 1.54) is 0 Å². The zero-order valence-electron chi connectivity index (χ0n) is 11.1. The highest BCUT2D eigenvalue weighted by Crippen LogP contribution is 2.27. The molecule has 0 radical (unpaired) electrons. The van der Waals surface area contributed by atoms with Gasteiger partial charge in [0, 0.05) is 35.9 Å². The van der Waals surface area contributed by atoms with Crippen molar-refractivity contribution in [2.45, 2.75) is 25.1 Å². The smallest absolute Gasteiger partial charge is 0.328 e. The first-order chi connectivity index (χ1) is 9.08. The van der Waals surface area contributed by atoms with Crippen molar-refractivity contribution in [1.29, 1.82) is 0 Å². The second-order valence-corrected chi connectivity index (χ2v) is 6.12. The van der Waals surface area contributed by atoms with Crippen LogP contribution in [0.1, 0.15) is 19.4 Å². The molecule has 0 bridgehead atoms. The van der Waals surface area contributed by atoms with Gasteiger partial charge in [0.1, 0.15) is 5.82 Å². The van der Waals surface area contributed by atoms with E-state index in [0.717, 1.165) is 29.8 Å². The number of hydrogen-bond donors (Lipinski definition) is 1. The minimum absolute atomic E-state index is 0.465. The summed E-state index contributed by atoms with van der Waals surface area (Å²) in [5.41, 5.74) is 0.804. The first-order valence-corrected chi connectivity index (χ1v) is 7.38. The van der Waals surface area contributed by atoms with Gasteiger partial charge in [0.15, 0.2) is 0 Å². The molecule has 0 spiro atoms. The summed E-state index contributed by atoms with van der Waals surface area (Å²) in [5, 5.41) is 9.18. The van der Waals surface area contributed by atoms with Crippen LogP contribution >= 0.6 is 11.8 Å². The SMILES string of the molecule is CC1SCCN(c2ccc(/C=C/C(=O)O)cn2)C1C. The van der Waals surface area contributed by atoms with E-state index >= 15 is 0 Å². The van der Waals surface area contributed by atoms with Crippen molar-refractivity contribution in [3.63, 3.8) is 0 Å². The van der Waals surface area contributed by atoms with Gasteiger partial charge in [-0.3, -0.25) is 0 Å². The van der Waals surface area contributed by atoms with Crippen LogP contribution in [0.15, 0.2) is 24.4 Å².